The lowest BCUT2D eigenvalue weighted by Gasteiger charge is -2.19. The van der Waals surface area contributed by atoms with Gasteiger partial charge in [-0.3, -0.25) is 4.79 Å². The van der Waals surface area contributed by atoms with E-state index in [2.05, 4.69) is 0 Å². The number of nitrogens with two attached hydrogens (primary N) is 1. The van der Waals surface area contributed by atoms with Crippen LogP contribution in [0.3, 0.4) is 0 Å². The van der Waals surface area contributed by atoms with Gasteiger partial charge in [-0.05, 0) is 37.0 Å². The highest BCUT2D eigenvalue weighted by Crippen LogP contribution is 2.30. The molecule has 2 rings (SSSR count). The van der Waals surface area contributed by atoms with Crippen molar-refractivity contribution in [2.75, 3.05) is 38.3 Å². The van der Waals surface area contributed by atoms with Crippen LogP contribution < -0.4 is 10.6 Å². The second kappa shape index (κ2) is 4.88. The maximum Gasteiger partial charge on any atom is 0.253 e. The SMILES string of the molecule is CN(CC1CC1)C(=O)c1ccc(N(C)C)c(N)c1. The van der Waals surface area contributed by atoms with Gasteiger partial charge in [-0.2, -0.15) is 0 Å². The van der Waals surface area contributed by atoms with Crippen LogP contribution in [0.5, 0.6) is 0 Å². The predicted molar refractivity (Wildman–Crippen MR) is 74.9 cm³/mol. The van der Waals surface area contributed by atoms with E-state index in [-0.39, 0.29) is 5.91 Å². The summed E-state index contributed by atoms with van der Waals surface area (Å²) in [6.45, 7) is 0.855. The molecule has 1 saturated carbocycles. The second-order valence-electron chi connectivity index (χ2n) is 5.30. The first kappa shape index (κ1) is 12.7. The van der Waals surface area contributed by atoms with Crippen molar-refractivity contribution in [3.63, 3.8) is 0 Å². The van der Waals surface area contributed by atoms with Crippen LogP contribution in [0.4, 0.5) is 11.4 Å². The first-order chi connectivity index (χ1) is 8.49. The van der Waals surface area contributed by atoms with E-state index in [4.69, 9.17) is 5.73 Å². The molecule has 0 radical (unpaired) electrons. The van der Waals surface area contributed by atoms with Crippen molar-refractivity contribution in [2.45, 2.75) is 12.8 Å². The summed E-state index contributed by atoms with van der Waals surface area (Å²) < 4.78 is 0. The average molecular weight is 247 g/mol. The highest BCUT2D eigenvalue weighted by molar-refractivity contribution is 5.96. The fraction of sp³-hybridized carbons (Fsp3) is 0.500. The standard InChI is InChI=1S/C14H21N3O/c1-16(2)13-7-6-11(8-12(13)15)14(18)17(3)9-10-4-5-10/h6-8,10H,4-5,9,15H2,1-3H3. The molecule has 2 N–H and O–H groups in total. The van der Waals surface area contributed by atoms with Crippen molar-refractivity contribution >= 4 is 17.3 Å². The number of nitrogen functional groups attached to an aromatic ring is 1. The number of hydrogen-bond acceptors (Lipinski definition) is 3. The van der Waals surface area contributed by atoms with Crippen molar-refractivity contribution < 1.29 is 4.79 Å². The number of benzene rings is 1. The van der Waals surface area contributed by atoms with Gasteiger partial charge in [0, 0.05) is 33.3 Å². The summed E-state index contributed by atoms with van der Waals surface area (Å²) in [5.41, 5.74) is 8.21. The van der Waals surface area contributed by atoms with Crippen LogP contribution in [-0.2, 0) is 0 Å². The van der Waals surface area contributed by atoms with Crippen LogP contribution in [0.15, 0.2) is 18.2 Å². The van der Waals surface area contributed by atoms with Gasteiger partial charge in [0.2, 0.25) is 0 Å². The number of anilines is 2. The van der Waals surface area contributed by atoms with Crippen LogP contribution in [0.1, 0.15) is 23.2 Å². The number of nitrogens with zero attached hydrogens (tertiary/aromatic N) is 2. The van der Waals surface area contributed by atoms with Gasteiger partial charge in [0.1, 0.15) is 0 Å². The number of amides is 1. The summed E-state index contributed by atoms with van der Waals surface area (Å²) in [7, 11) is 5.73. The smallest absolute Gasteiger partial charge is 0.253 e. The Morgan fingerprint density at radius 2 is 2.00 bits per heavy atom. The van der Waals surface area contributed by atoms with E-state index in [0.717, 1.165) is 12.2 Å². The molecule has 0 bridgehead atoms. The molecule has 98 valence electrons. The lowest BCUT2D eigenvalue weighted by Crippen LogP contribution is -2.28. The Morgan fingerprint density at radius 1 is 1.33 bits per heavy atom. The molecule has 0 heterocycles. The van der Waals surface area contributed by atoms with Gasteiger partial charge in [0.25, 0.3) is 5.91 Å². The Kier molecular flexibility index (Phi) is 3.45. The Hall–Kier alpha value is -1.71. The van der Waals surface area contributed by atoms with Crippen molar-refractivity contribution in [2.24, 2.45) is 5.92 Å². The number of carbonyl (C=O) groups is 1. The third-order valence-electron chi connectivity index (χ3n) is 3.33. The van der Waals surface area contributed by atoms with E-state index in [1.54, 1.807) is 11.0 Å². The summed E-state index contributed by atoms with van der Waals surface area (Å²) in [5, 5.41) is 0. The van der Waals surface area contributed by atoms with Gasteiger partial charge in [-0.1, -0.05) is 0 Å². The summed E-state index contributed by atoms with van der Waals surface area (Å²) in [6, 6.07) is 5.51. The Bertz CT molecular complexity index is 452. The molecule has 1 aromatic carbocycles. The first-order valence-corrected chi connectivity index (χ1v) is 6.31. The molecule has 1 aliphatic carbocycles. The molecule has 1 amide bonds. The van der Waals surface area contributed by atoms with Crippen molar-refractivity contribution in [3.05, 3.63) is 23.8 Å². The van der Waals surface area contributed by atoms with Crippen molar-refractivity contribution in [1.29, 1.82) is 0 Å². The Morgan fingerprint density at radius 3 is 2.50 bits per heavy atom. The number of hydrogen-bond donors (Lipinski definition) is 1. The molecule has 0 atom stereocenters. The van der Waals surface area contributed by atoms with Crippen LogP contribution in [-0.4, -0.2) is 38.5 Å². The Balaban J connectivity index is 2.12. The molecule has 0 aromatic heterocycles. The first-order valence-electron chi connectivity index (χ1n) is 6.31. The maximum absolute atomic E-state index is 12.2. The quantitative estimate of drug-likeness (QED) is 0.826. The van der Waals surface area contributed by atoms with Gasteiger partial charge in [-0.25, -0.2) is 0 Å². The molecule has 4 heteroatoms. The minimum atomic E-state index is 0.0545. The fourth-order valence-electron chi connectivity index (χ4n) is 2.09. The topological polar surface area (TPSA) is 49.6 Å². The van der Waals surface area contributed by atoms with E-state index in [0.29, 0.717) is 17.2 Å². The summed E-state index contributed by atoms with van der Waals surface area (Å²) in [5.74, 6) is 0.760. The monoisotopic (exact) mass is 247 g/mol. The van der Waals surface area contributed by atoms with E-state index in [1.165, 1.54) is 12.8 Å². The molecule has 0 aliphatic heterocycles. The average Bonchev–Trinajstić information content (AvgIpc) is 3.11. The summed E-state index contributed by atoms with van der Waals surface area (Å²) in [6.07, 6.45) is 2.50. The lowest BCUT2D eigenvalue weighted by molar-refractivity contribution is 0.0789. The van der Waals surface area contributed by atoms with Crippen molar-refractivity contribution in [3.8, 4) is 0 Å². The van der Waals surface area contributed by atoms with Crippen LogP contribution in [0.2, 0.25) is 0 Å². The van der Waals surface area contributed by atoms with Gasteiger partial charge in [-0.15, -0.1) is 0 Å². The van der Waals surface area contributed by atoms with E-state index < -0.39 is 0 Å². The molecule has 1 aromatic rings. The molecule has 1 aliphatic rings. The predicted octanol–water partition coefficient (Wildman–Crippen LogP) is 1.82. The maximum atomic E-state index is 12.2. The van der Waals surface area contributed by atoms with Crippen LogP contribution >= 0.6 is 0 Å². The second-order valence-corrected chi connectivity index (χ2v) is 5.30. The lowest BCUT2D eigenvalue weighted by atomic mass is 10.1. The molecule has 0 unspecified atom stereocenters. The van der Waals surface area contributed by atoms with Crippen molar-refractivity contribution in [1.82, 2.24) is 4.90 Å². The highest BCUT2D eigenvalue weighted by atomic mass is 16.2. The third-order valence-corrected chi connectivity index (χ3v) is 3.33. The molecule has 0 saturated heterocycles. The molecule has 4 nitrogen and oxygen atoms in total. The molecule has 1 fully saturated rings. The third kappa shape index (κ3) is 2.75. The van der Waals surface area contributed by atoms with E-state index >= 15 is 0 Å². The summed E-state index contributed by atoms with van der Waals surface area (Å²) >= 11 is 0. The van der Waals surface area contributed by atoms with Gasteiger partial charge >= 0.3 is 0 Å². The minimum absolute atomic E-state index is 0.0545. The van der Waals surface area contributed by atoms with Gasteiger partial charge in [0.05, 0.1) is 11.4 Å². The Labute approximate surface area is 108 Å². The zero-order valence-corrected chi connectivity index (χ0v) is 11.3. The van der Waals surface area contributed by atoms with Crippen LogP contribution in [0.25, 0.3) is 0 Å². The molecule has 18 heavy (non-hydrogen) atoms. The molecule has 0 spiro atoms. The van der Waals surface area contributed by atoms with Gasteiger partial charge < -0.3 is 15.5 Å². The highest BCUT2D eigenvalue weighted by Gasteiger charge is 2.25. The minimum Gasteiger partial charge on any atom is -0.397 e. The number of carbonyl (C=O) groups excluding carboxylic acids is 1. The van der Waals surface area contributed by atoms with Gasteiger partial charge in [0.15, 0.2) is 0 Å². The molecular formula is C14H21N3O. The largest absolute Gasteiger partial charge is 0.397 e. The van der Waals surface area contributed by atoms with E-state index in [9.17, 15) is 4.79 Å². The summed E-state index contributed by atoms with van der Waals surface area (Å²) in [4.78, 5) is 15.9. The van der Waals surface area contributed by atoms with Crippen LogP contribution in [0, 0.1) is 5.92 Å². The number of rotatable bonds is 4. The normalized spacial score (nSPS) is 14.4. The zero-order chi connectivity index (χ0) is 13.3. The molecular weight excluding hydrogens is 226 g/mol. The fourth-order valence-corrected chi connectivity index (χ4v) is 2.09. The van der Waals surface area contributed by atoms with E-state index in [1.807, 2.05) is 38.2 Å². The zero-order valence-electron chi connectivity index (χ0n) is 11.3.